The second kappa shape index (κ2) is 8.70. The number of aryl methyl sites for hydroxylation is 1. The summed E-state index contributed by atoms with van der Waals surface area (Å²) < 4.78 is 2.07. The van der Waals surface area contributed by atoms with Gasteiger partial charge in [-0.3, -0.25) is 4.98 Å². The minimum Gasteiger partial charge on any atom is -0.382 e. The van der Waals surface area contributed by atoms with Gasteiger partial charge in [0.05, 0.1) is 22.4 Å². The highest BCUT2D eigenvalue weighted by Crippen LogP contribution is 2.34. The third-order valence-electron chi connectivity index (χ3n) is 7.44. The standard InChI is InChI=1S/C32H35N5/c1-21-30-27(23-16-22-10-6-7-14-28(22)33-20-23)13-9-15-29(30)37(35-21)26-12-8-11-24(17-26)34-25-18-31(2,3)36-32(4,5)19-25/h6-17,20,25,34,36H,18-19H2,1-5H3. The molecule has 1 saturated heterocycles. The molecule has 1 aliphatic rings. The topological polar surface area (TPSA) is 54.8 Å². The quantitative estimate of drug-likeness (QED) is 0.279. The summed E-state index contributed by atoms with van der Waals surface area (Å²) in [5.41, 5.74) is 7.78. The Hall–Kier alpha value is -3.70. The number of hydrogen-bond donors (Lipinski definition) is 2. The maximum atomic E-state index is 5.00. The lowest BCUT2D eigenvalue weighted by Crippen LogP contribution is -2.60. The Morgan fingerprint density at radius 1 is 0.892 bits per heavy atom. The second-order valence-corrected chi connectivity index (χ2v) is 11.8. The maximum absolute atomic E-state index is 5.00. The van der Waals surface area contributed by atoms with Crippen LogP contribution in [0.1, 0.15) is 46.2 Å². The van der Waals surface area contributed by atoms with E-state index >= 15 is 0 Å². The molecule has 0 atom stereocenters. The lowest BCUT2D eigenvalue weighted by Gasteiger charge is -2.47. The number of rotatable bonds is 4. The molecule has 3 heterocycles. The van der Waals surface area contributed by atoms with Crippen LogP contribution in [-0.2, 0) is 0 Å². The van der Waals surface area contributed by atoms with Crippen LogP contribution in [0.3, 0.4) is 0 Å². The molecule has 188 valence electrons. The fourth-order valence-electron chi connectivity index (χ4n) is 6.39. The van der Waals surface area contributed by atoms with E-state index in [-0.39, 0.29) is 11.1 Å². The number of para-hydroxylation sites is 1. The molecule has 5 heteroatoms. The van der Waals surface area contributed by atoms with Gasteiger partial charge in [-0.05, 0) is 89.4 Å². The minimum atomic E-state index is 0.0976. The molecule has 0 amide bonds. The Kier molecular flexibility index (Phi) is 5.57. The molecule has 5 aromatic rings. The molecule has 2 aromatic heterocycles. The van der Waals surface area contributed by atoms with Crippen molar-refractivity contribution in [1.29, 1.82) is 0 Å². The van der Waals surface area contributed by atoms with E-state index in [2.05, 4.69) is 117 Å². The number of anilines is 1. The number of pyridine rings is 1. The predicted octanol–water partition coefficient (Wildman–Crippen LogP) is 7.27. The molecule has 0 spiro atoms. The average Bonchev–Trinajstić information content (AvgIpc) is 3.19. The third-order valence-corrected chi connectivity index (χ3v) is 7.44. The van der Waals surface area contributed by atoms with Crippen LogP contribution in [0.25, 0.3) is 38.6 Å². The van der Waals surface area contributed by atoms with Gasteiger partial charge in [-0.1, -0.05) is 36.4 Å². The van der Waals surface area contributed by atoms with Crippen molar-refractivity contribution in [2.24, 2.45) is 0 Å². The van der Waals surface area contributed by atoms with Crippen LogP contribution in [0.15, 0.2) is 79.0 Å². The fourth-order valence-corrected chi connectivity index (χ4v) is 6.39. The zero-order valence-electron chi connectivity index (χ0n) is 22.3. The molecular weight excluding hydrogens is 454 g/mol. The van der Waals surface area contributed by atoms with Gasteiger partial charge in [0, 0.05) is 45.3 Å². The van der Waals surface area contributed by atoms with Crippen LogP contribution in [0.4, 0.5) is 5.69 Å². The number of benzene rings is 3. The molecule has 1 aliphatic heterocycles. The molecule has 6 rings (SSSR count). The van der Waals surface area contributed by atoms with Crippen molar-refractivity contribution in [3.05, 3.63) is 84.7 Å². The Bertz CT molecular complexity index is 1590. The summed E-state index contributed by atoms with van der Waals surface area (Å²) >= 11 is 0. The summed E-state index contributed by atoms with van der Waals surface area (Å²) in [6.07, 6.45) is 4.13. The van der Waals surface area contributed by atoms with Crippen LogP contribution in [0, 0.1) is 6.92 Å². The van der Waals surface area contributed by atoms with Crippen molar-refractivity contribution in [3.63, 3.8) is 0 Å². The number of nitrogens with one attached hydrogen (secondary N) is 2. The molecule has 0 unspecified atom stereocenters. The first-order chi connectivity index (χ1) is 17.7. The molecule has 5 nitrogen and oxygen atoms in total. The third kappa shape index (κ3) is 4.60. The Morgan fingerprint density at radius 3 is 2.46 bits per heavy atom. The summed E-state index contributed by atoms with van der Waals surface area (Å²) in [5, 5.41) is 14.9. The first-order valence-corrected chi connectivity index (χ1v) is 13.2. The summed E-state index contributed by atoms with van der Waals surface area (Å²) in [6, 6.07) is 26.0. The Morgan fingerprint density at radius 2 is 1.65 bits per heavy atom. The van der Waals surface area contributed by atoms with E-state index < -0.39 is 0 Å². The highest BCUT2D eigenvalue weighted by atomic mass is 15.3. The van der Waals surface area contributed by atoms with Crippen LogP contribution < -0.4 is 10.6 Å². The molecular formula is C32H35N5. The first-order valence-electron chi connectivity index (χ1n) is 13.2. The molecule has 3 aromatic carbocycles. The van der Waals surface area contributed by atoms with Gasteiger partial charge < -0.3 is 10.6 Å². The van der Waals surface area contributed by atoms with Crippen molar-refractivity contribution in [2.75, 3.05) is 5.32 Å². The smallest absolute Gasteiger partial charge is 0.0750 e. The predicted molar refractivity (Wildman–Crippen MR) is 154 cm³/mol. The molecule has 37 heavy (non-hydrogen) atoms. The van der Waals surface area contributed by atoms with Crippen LogP contribution in [-0.4, -0.2) is 31.9 Å². The van der Waals surface area contributed by atoms with Crippen LogP contribution in [0.2, 0.25) is 0 Å². The van der Waals surface area contributed by atoms with Crippen LogP contribution >= 0.6 is 0 Å². The van der Waals surface area contributed by atoms with Gasteiger partial charge in [-0.15, -0.1) is 0 Å². The number of aromatic nitrogens is 3. The van der Waals surface area contributed by atoms with E-state index in [9.17, 15) is 0 Å². The zero-order valence-corrected chi connectivity index (χ0v) is 22.3. The average molecular weight is 490 g/mol. The van der Waals surface area contributed by atoms with Crippen molar-refractivity contribution in [3.8, 4) is 16.8 Å². The maximum Gasteiger partial charge on any atom is 0.0750 e. The monoisotopic (exact) mass is 489 g/mol. The number of nitrogens with zero attached hydrogens (tertiary/aromatic N) is 3. The highest BCUT2D eigenvalue weighted by Gasteiger charge is 2.37. The van der Waals surface area contributed by atoms with E-state index in [0.717, 1.165) is 57.5 Å². The summed E-state index contributed by atoms with van der Waals surface area (Å²) in [6.45, 7) is 11.3. The van der Waals surface area contributed by atoms with E-state index in [0.29, 0.717) is 6.04 Å². The van der Waals surface area contributed by atoms with Crippen molar-refractivity contribution >= 4 is 27.5 Å². The molecule has 0 saturated carbocycles. The molecule has 0 radical (unpaired) electrons. The Balaban J connectivity index is 1.37. The SMILES string of the molecule is Cc1nn(-c2cccc(NC3CC(C)(C)NC(C)(C)C3)c2)c2cccc(-c3cnc4ccccc4c3)c12. The van der Waals surface area contributed by atoms with E-state index in [1.54, 1.807) is 0 Å². The number of fused-ring (bicyclic) bond motifs is 2. The van der Waals surface area contributed by atoms with Gasteiger partial charge in [0.1, 0.15) is 0 Å². The van der Waals surface area contributed by atoms with Gasteiger partial charge in [0.25, 0.3) is 0 Å². The zero-order chi connectivity index (χ0) is 25.8. The number of piperidine rings is 1. The highest BCUT2D eigenvalue weighted by molar-refractivity contribution is 5.99. The normalized spacial score (nSPS) is 17.3. The van der Waals surface area contributed by atoms with E-state index in [1.165, 1.54) is 5.39 Å². The second-order valence-electron chi connectivity index (χ2n) is 11.8. The first kappa shape index (κ1) is 23.7. The molecule has 0 aliphatic carbocycles. The van der Waals surface area contributed by atoms with Gasteiger partial charge in [-0.25, -0.2) is 4.68 Å². The lowest BCUT2D eigenvalue weighted by molar-refractivity contribution is 0.170. The molecule has 2 N–H and O–H groups in total. The van der Waals surface area contributed by atoms with Gasteiger partial charge in [0.2, 0.25) is 0 Å². The van der Waals surface area contributed by atoms with Crippen LogP contribution in [0.5, 0.6) is 0 Å². The van der Waals surface area contributed by atoms with Gasteiger partial charge in [-0.2, -0.15) is 5.10 Å². The largest absolute Gasteiger partial charge is 0.382 e. The van der Waals surface area contributed by atoms with Gasteiger partial charge >= 0.3 is 0 Å². The Labute approximate surface area is 218 Å². The fraction of sp³-hybridized carbons (Fsp3) is 0.312. The summed E-state index contributed by atoms with van der Waals surface area (Å²) in [4.78, 5) is 4.71. The van der Waals surface area contributed by atoms with Crippen molar-refractivity contribution < 1.29 is 0 Å². The van der Waals surface area contributed by atoms with E-state index in [1.807, 2.05) is 12.3 Å². The van der Waals surface area contributed by atoms with E-state index in [4.69, 9.17) is 10.1 Å². The van der Waals surface area contributed by atoms with Crippen molar-refractivity contribution in [2.45, 2.75) is 64.6 Å². The minimum absolute atomic E-state index is 0.0976. The summed E-state index contributed by atoms with van der Waals surface area (Å²) in [7, 11) is 0. The summed E-state index contributed by atoms with van der Waals surface area (Å²) in [5.74, 6) is 0. The number of hydrogen-bond acceptors (Lipinski definition) is 4. The molecule has 1 fully saturated rings. The van der Waals surface area contributed by atoms with Crippen molar-refractivity contribution in [1.82, 2.24) is 20.1 Å². The van der Waals surface area contributed by atoms with Gasteiger partial charge in [0.15, 0.2) is 0 Å². The molecule has 0 bridgehead atoms. The lowest BCUT2D eigenvalue weighted by atomic mass is 9.79.